The lowest BCUT2D eigenvalue weighted by Gasteiger charge is -2.30. The van der Waals surface area contributed by atoms with Gasteiger partial charge in [-0.1, -0.05) is 42.5 Å². The molecule has 3 heterocycles. The number of fused-ring (bicyclic) bond motifs is 1. The first kappa shape index (κ1) is 23.5. The monoisotopic (exact) mass is 489 g/mol. The molecule has 1 aliphatic heterocycles. The summed E-state index contributed by atoms with van der Waals surface area (Å²) < 4.78 is 7.63. The molecule has 1 saturated heterocycles. The second-order valence-corrected chi connectivity index (χ2v) is 9.70. The fraction of sp³-hybridized carbons (Fsp3) is 0.333. The molecule has 0 saturated carbocycles. The summed E-state index contributed by atoms with van der Waals surface area (Å²) in [6.07, 6.45) is 2.86. The maximum absolute atomic E-state index is 13.3. The molecule has 1 aliphatic rings. The number of thiazole rings is 1. The number of amides is 2. The molecule has 0 spiro atoms. The van der Waals surface area contributed by atoms with Crippen molar-refractivity contribution in [2.45, 2.75) is 13.3 Å². The van der Waals surface area contributed by atoms with Crippen molar-refractivity contribution < 1.29 is 9.53 Å². The largest absolute Gasteiger partial charge is 0.379 e. The van der Waals surface area contributed by atoms with Gasteiger partial charge in [-0.2, -0.15) is 0 Å². The van der Waals surface area contributed by atoms with Gasteiger partial charge in [0.1, 0.15) is 0 Å². The molecule has 2 amide bonds. The van der Waals surface area contributed by atoms with Gasteiger partial charge in [-0.05, 0) is 24.6 Å². The van der Waals surface area contributed by atoms with Gasteiger partial charge >= 0.3 is 6.03 Å². The molecule has 0 aliphatic carbocycles. The van der Waals surface area contributed by atoms with E-state index < -0.39 is 0 Å². The number of aryl methyl sites for hydroxylation is 1. The lowest BCUT2D eigenvalue weighted by molar-refractivity contribution is 0.0352. The van der Waals surface area contributed by atoms with Gasteiger partial charge in [0.15, 0.2) is 4.96 Å². The van der Waals surface area contributed by atoms with E-state index in [1.54, 1.807) is 11.3 Å². The molecule has 0 radical (unpaired) electrons. The minimum absolute atomic E-state index is 0.0639. The topological polar surface area (TPSA) is 62.1 Å². The highest BCUT2D eigenvalue weighted by Crippen LogP contribution is 2.24. The number of morpholine rings is 1. The number of anilines is 1. The van der Waals surface area contributed by atoms with Gasteiger partial charge in [0.25, 0.3) is 0 Å². The lowest BCUT2D eigenvalue weighted by Crippen LogP contribution is -2.45. The summed E-state index contributed by atoms with van der Waals surface area (Å²) in [6.45, 7) is 7.51. The van der Waals surface area contributed by atoms with Gasteiger partial charge in [-0.25, -0.2) is 9.78 Å². The third kappa shape index (κ3) is 5.90. The van der Waals surface area contributed by atoms with Crippen molar-refractivity contribution in [1.29, 1.82) is 0 Å². The van der Waals surface area contributed by atoms with Crippen LogP contribution in [0.5, 0.6) is 0 Å². The highest BCUT2D eigenvalue weighted by atomic mass is 32.1. The van der Waals surface area contributed by atoms with Crippen molar-refractivity contribution in [2.24, 2.45) is 0 Å². The maximum Gasteiger partial charge on any atom is 0.321 e. The van der Waals surface area contributed by atoms with Gasteiger partial charge in [0.2, 0.25) is 0 Å². The number of urea groups is 1. The standard InChI is InChI=1S/C27H31N5O2S/c1-21-6-5-9-23(18-21)28-26(33)31(13-12-30-14-16-34-17-15-30)11-10-24-20-35-27-29-25(19-32(24)27)22-7-3-2-4-8-22/h2-9,18-20H,10-17H2,1H3,(H,28,33). The fourth-order valence-electron chi connectivity index (χ4n) is 4.33. The zero-order valence-electron chi connectivity index (χ0n) is 20.0. The number of hydrogen-bond donors (Lipinski definition) is 1. The molecule has 0 bridgehead atoms. The number of ether oxygens (including phenoxy) is 1. The zero-order valence-corrected chi connectivity index (χ0v) is 20.8. The number of aromatic nitrogens is 2. The molecule has 7 nitrogen and oxygen atoms in total. The molecule has 0 atom stereocenters. The van der Waals surface area contributed by atoms with E-state index in [0.717, 1.165) is 66.7 Å². The Balaban J connectivity index is 1.29. The van der Waals surface area contributed by atoms with Crippen LogP contribution in [-0.2, 0) is 11.2 Å². The predicted molar refractivity (Wildman–Crippen MR) is 141 cm³/mol. The van der Waals surface area contributed by atoms with E-state index in [1.807, 2.05) is 54.3 Å². The van der Waals surface area contributed by atoms with Crippen LogP contribution < -0.4 is 5.32 Å². The number of carbonyl (C=O) groups is 1. The molecular weight excluding hydrogens is 458 g/mol. The average molecular weight is 490 g/mol. The van der Waals surface area contributed by atoms with Crippen molar-refractivity contribution in [1.82, 2.24) is 19.2 Å². The highest BCUT2D eigenvalue weighted by molar-refractivity contribution is 7.15. The summed E-state index contributed by atoms with van der Waals surface area (Å²) in [5.74, 6) is 0. The second kappa shape index (κ2) is 11.0. The smallest absolute Gasteiger partial charge is 0.321 e. The van der Waals surface area contributed by atoms with E-state index in [0.29, 0.717) is 13.1 Å². The number of benzene rings is 2. The van der Waals surface area contributed by atoms with Crippen LogP contribution in [0.1, 0.15) is 11.3 Å². The van der Waals surface area contributed by atoms with Crippen LogP contribution in [-0.4, -0.2) is 71.2 Å². The number of rotatable bonds is 8. The summed E-state index contributed by atoms with van der Waals surface area (Å²) in [5.41, 5.74) is 5.20. The quantitative estimate of drug-likeness (QED) is 0.387. The Kier molecular flexibility index (Phi) is 7.42. The van der Waals surface area contributed by atoms with E-state index in [4.69, 9.17) is 9.72 Å². The van der Waals surface area contributed by atoms with Crippen LogP contribution >= 0.6 is 11.3 Å². The molecule has 2 aromatic carbocycles. The van der Waals surface area contributed by atoms with Gasteiger partial charge in [0.05, 0.1) is 18.9 Å². The minimum atomic E-state index is -0.0639. The third-order valence-corrected chi connectivity index (χ3v) is 7.23. The lowest BCUT2D eigenvalue weighted by atomic mass is 10.2. The van der Waals surface area contributed by atoms with Crippen LogP contribution in [0.2, 0.25) is 0 Å². The molecule has 8 heteroatoms. The molecule has 182 valence electrons. The molecule has 4 aromatic rings. The summed E-state index contributed by atoms with van der Waals surface area (Å²) in [5, 5.41) is 5.24. The number of hydrogen-bond acceptors (Lipinski definition) is 5. The van der Waals surface area contributed by atoms with Crippen molar-refractivity contribution in [3.63, 3.8) is 0 Å². The van der Waals surface area contributed by atoms with E-state index in [9.17, 15) is 4.79 Å². The van der Waals surface area contributed by atoms with Gasteiger partial charge in [0, 0.05) is 67.7 Å². The van der Waals surface area contributed by atoms with Gasteiger partial charge < -0.3 is 15.0 Å². The summed E-state index contributed by atoms with van der Waals surface area (Å²) in [6, 6.07) is 18.1. The molecule has 1 fully saturated rings. The van der Waals surface area contributed by atoms with Crippen molar-refractivity contribution in [3.05, 3.63) is 77.4 Å². The predicted octanol–water partition coefficient (Wildman–Crippen LogP) is 4.78. The normalized spacial score (nSPS) is 14.3. The van der Waals surface area contributed by atoms with Crippen LogP contribution in [0.25, 0.3) is 16.2 Å². The second-order valence-electron chi connectivity index (χ2n) is 8.86. The van der Waals surface area contributed by atoms with Crippen molar-refractivity contribution in [2.75, 3.05) is 51.3 Å². The summed E-state index contributed by atoms with van der Waals surface area (Å²) in [4.78, 5) is 23.3. The highest BCUT2D eigenvalue weighted by Gasteiger charge is 2.18. The fourth-order valence-corrected chi connectivity index (χ4v) is 5.24. The van der Waals surface area contributed by atoms with Crippen LogP contribution in [0.3, 0.4) is 0 Å². The van der Waals surface area contributed by atoms with E-state index in [-0.39, 0.29) is 6.03 Å². The van der Waals surface area contributed by atoms with Crippen molar-refractivity contribution >= 4 is 28.0 Å². The number of carbonyl (C=O) groups excluding carboxylic acids is 1. The molecule has 5 rings (SSSR count). The Morgan fingerprint density at radius 3 is 2.74 bits per heavy atom. The van der Waals surface area contributed by atoms with Crippen LogP contribution in [0, 0.1) is 6.92 Å². The molecule has 35 heavy (non-hydrogen) atoms. The van der Waals surface area contributed by atoms with E-state index in [2.05, 4.69) is 38.3 Å². The Morgan fingerprint density at radius 2 is 1.94 bits per heavy atom. The Bertz CT molecular complexity index is 1260. The van der Waals surface area contributed by atoms with Gasteiger partial charge in [-0.15, -0.1) is 11.3 Å². The number of nitrogens with zero attached hydrogens (tertiary/aromatic N) is 4. The average Bonchev–Trinajstić information content (AvgIpc) is 3.47. The number of nitrogens with one attached hydrogen (secondary N) is 1. The van der Waals surface area contributed by atoms with E-state index in [1.165, 1.54) is 5.69 Å². The first-order valence-corrected chi connectivity index (χ1v) is 13.0. The van der Waals surface area contributed by atoms with E-state index >= 15 is 0 Å². The Morgan fingerprint density at radius 1 is 1.11 bits per heavy atom. The van der Waals surface area contributed by atoms with Gasteiger partial charge in [-0.3, -0.25) is 9.30 Å². The molecule has 2 aromatic heterocycles. The van der Waals surface area contributed by atoms with Crippen LogP contribution in [0.15, 0.2) is 66.2 Å². The molecule has 1 N–H and O–H groups in total. The molecular formula is C27H31N5O2S. The Hall–Kier alpha value is -3.20. The van der Waals surface area contributed by atoms with Crippen LogP contribution in [0.4, 0.5) is 10.5 Å². The summed E-state index contributed by atoms with van der Waals surface area (Å²) in [7, 11) is 0. The molecule has 0 unspecified atom stereocenters. The maximum atomic E-state index is 13.3. The number of imidazole rings is 1. The van der Waals surface area contributed by atoms with Crippen molar-refractivity contribution in [3.8, 4) is 11.3 Å². The SMILES string of the molecule is Cc1cccc(NC(=O)N(CCc2csc3nc(-c4ccccc4)cn23)CCN2CCOCC2)c1. The Labute approximate surface area is 210 Å². The summed E-state index contributed by atoms with van der Waals surface area (Å²) >= 11 is 1.64. The first-order chi connectivity index (χ1) is 17.2. The first-order valence-electron chi connectivity index (χ1n) is 12.1. The zero-order chi connectivity index (χ0) is 24.0. The third-order valence-electron chi connectivity index (χ3n) is 6.34. The minimum Gasteiger partial charge on any atom is -0.379 e.